The Labute approximate surface area is 179 Å². The van der Waals surface area contributed by atoms with Crippen molar-refractivity contribution in [2.45, 2.75) is 33.4 Å². The molecule has 0 unspecified atom stereocenters. The largest absolute Gasteiger partial charge is 0.348 e. The first kappa shape index (κ1) is 20.0. The fourth-order valence-electron chi connectivity index (χ4n) is 3.47. The van der Waals surface area contributed by atoms with Gasteiger partial charge in [0.05, 0.1) is 17.8 Å². The molecule has 0 aliphatic carbocycles. The highest BCUT2D eigenvalue weighted by Gasteiger charge is 2.16. The third-order valence-corrected chi connectivity index (χ3v) is 6.26. The van der Waals surface area contributed by atoms with E-state index >= 15 is 0 Å². The summed E-state index contributed by atoms with van der Waals surface area (Å²) in [7, 11) is 0. The predicted octanol–water partition coefficient (Wildman–Crippen LogP) is 4.62. The highest BCUT2D eigenvalue weighted by molar-refractivity contribution is 7.17. The maximum absolute atomic E-state index is 13.2. The van der Waals surface area contributed by atoms with Crippen molar-refractivity contribution in [2.24, 2.45) is 0 Å². The first-order valence-electron chi connectivity index (χ1n) is 9.82. The molecule has 0 aliphatic rings. The fraction of sp³-hybridized carbons (Fsp3) is 0.208. The number of nitrogens with zero attached hydrogens (tertiary/aromatic N) is 2. The molecule has 2 aromatic heterocycles. The molecule has 152 valence electrons. The molecule has 30 heavy (non-hydrogen) atoms. The molecule has 1 atom stereocenters. The molecule has 4 aromatic rings. The first-order chi connectivity index (χ1) is 14.4. The van der Waals surface area contributed by atoms with Crippen LogP contribution < -0.4 is 10.9 Å². The second kappa shape index (κ2) is 8.24. The van der Waals surface area contributed by atoms with Crippen LogP contribution in [0.1, 0.15) is 29.7 Å². The van der Waals surface area contributed by atoms with Gasteiger partial charge in [-0.1, -0.05) is 48.5 Å². The topological polar surface area (TPSA) is 64.0 Å². The molecule has 2 aromatic carbocycles. The number of amides is 1. The lowest BCUT2D eigenvalue weighted by Crippen LogP contribution is -2.33. The van der Waals surface area contributed by atoms with Crippen LogP contribution in [0.15, 0.2) is 65.0 Å². The third kappa shape index (κ3) is 3.91. The Balaban J connectivity index is 1.62. The average molecular weight is 418 g/mol. The molecule has 0 aliphatic heterocycles. The Kier molecular flexibility index (Phi) is 5.50. The van der Waals surface area contributed by atoms with Crippen LogP contribution in [-0.2, 0) is 11.3 Å². The predicted molar refractivity (Wildman–Crippen MR) is 122 cm³/mol. The number of nitrogens with one attached hydrogen (secondary N) is 1. The van der Waals surface area contributed by atoms with E-state index < -0.39 is 0 Å². The highest BCUT2D eigenvalue weighted by atomic mass is 32.1. The summed E-state index contributed by atoms with van der Waals surface area (Å²) in [4.78, 5) is 30.8. The normalized spacial score (nSPS) is 12.1. The summed E-state index contributed by atoms with van der Waals surface area (Å²) in [5.41, 5.74) is 5.05. The summed E-state index contributed by atoms with van der Waals surface area (Å²) >= 11 is 1.44. The average Bonchev–Trinajstić information content (AvgIpc) is 3.17. The van der Waals surface area contributed by atoms with Gasteiger partial charge in [-0.15, -0.1) is 11.3 Å². The van der Waals surface area contributed by atoms with Crippen LogP contribution in [0.3, 0.4) is 0 Å². The van der Waals surface area contributed by atoms with Crippen molar-refractivity contribution >= 4 is 27.5 Å². The number of carbonyl (C=O) groups is 1. The standard InChI is InChI=1S/C24H23N3O2S/c1-15-9-10-19(11-16(15)2)20-13-30-23-22(20)24(29)27(14-25-23)12-21(28)26-17(3)18-7-5-4-6-8-18/h4-11,13-14,17H,12H2,1-3H3,(H,26,28)/t17-/m0/s1. The molecular formula is C24H23N3O2S. The van der Waals surface area contributed by atoms with Crippen LogP contribution in [0.5, 0.6) is 0 Å². The van der Waals surface area contributed by atoms with Crippen LogP contribution in [0.25, 0.3) is 21.3 Å². The van der Waals surface area contributed by atoms with E-state index in [1.54, 1.807) is 0 Å². The number of carbonyl (C=O) groups excluding carboxylic acids is 1. The van der Waals surface area contributed by atoms with Crippen molar-refractivity contribution in [1.82, 2.24) is 14.9 Å². The fourth-order valence-corrected chi connectivity index (χ4v) is 4.38. The van der Waals surface area contributed by atoms with Crippen molar-refractivity contribution in [1.29, 1.82) is 0 Å². The molecule has 0 bridgehead atoms. The Morgan fingerprint density at radius 1 is 1.13 bits per heavy atom. The Morgan fingerprint density at radius 3 is 2.63 bits per heavy atom. The third-order valence-electron chi connectivity index (χ3n) is 5.37. The SMILES string of the molecule is Cc1ccc(-c2csc3ncn(CC(=O)N[C@@H](C)c4ccccc4)c(=O)c23)cc1C. The van der Waals surface area contributed by atoms with Crippen LogP contribution >= 0.6 is 11.3 Å². The Bertz CT molecular complexity index is 1270. The number of thiophene rings is 1. The number of hydrogen-bond acceptors (Lipinski definition) is 4. The molecule has 0 spiro atoms. The summed E-state index contributed by atoms with van der Waals surface area (Å²) in [6.07, 6.45) is 1.46. The van der Waals surface area contributed by atoms with Crippen molar-refractivity contribution in [3.63, 3.8) is 0 Å². The lowest BCUT2D eigenvalue weighted by atomic mass is 10.0. The number of aromatic nitrogens is 2. The van der Waals surface area contributed by atoms with E-state index in [2.05, 4.69) is 36.3 Å². The quantitative estimate of drug-likeness (QED) is 0.515. The van der Waals surface area contributed by atoms with Gasteiger partial charge < -0.3 is 5.32 Å². The van der Waals surface area contributed by atoms with Gasteiger partial charge in [-0.25, -0.2) is 4.98 Å². The summed E-state index contributed by atoms with van der Waals surface area (Å²) in [5.74, 6) is -0.224. The van der Waals surface area contributed by atoms with E-state index in [1.807, 2.05) is 48.7 Å². The first-order valence-corrected chi connectivity index (χ1v) is 10.7. The second-order valence-corrected chi connectivity index (χ2v) is 8.36. The van der Waals surface area contributed by atoms with Crippen molar-refractivity contribution in [2.75, 3.05) is 0 Å². The highest BCUT2D eigenvalue weighted by Crippen LogP contribution is 2.31. The molecule has 0 fully saturated rings. The summed E-state index contributed by atoms with van der Waals surface area (Å²) < 4.78 is 1.38. The molecule has 5 nitrogen and oxygen atoms in total. The smallest absolute Gasteiger partial charge is 0.263 e. The molecule has 0 saturated carbocycles. The zero-order valence-electron chi connectivity index (χ0n) is 17.2. The van der Waals surface area contributed by atoms with Gasteiger partial charge in [-0.05, 0) is 43.0 Å². The Morgan fingerprint density at radius 2 is 1.90 bits per heavy atom. The molecule has 1 N–H and O–H groups in total. The lowest BCUT2D eigenvalue weighted by Gasteiger charge is -2.15. The molecule has 2 heterocycles. The second-order valence-electron chi connectivity index (χ2n) is 7.51. The molecular weight excluding hydrogens is 394 g/mol. The molecule has 1 amide bonds. The van der Waals surface area contributed by atoms with Gasteiger partial charge in [-0.2, -0.15) is 0 Å². The minimum absolute atomic E-state index is 0.0683. The summed E-state index contributed by atoms with van der Waals surface area (Å²) in [6, 6.07) is 15.8. The van der Waals surface area contributed by atoms with Crippen molar-refractivity contribution in [3.8, 4) is 11.1 Å². The lowest BCUT2D eigenvalue weighted by molar-refractivity contribution is -0.122. The minimum atomic E-state index is -0.224. The molecule has 0 saturated heterocycles. The van der Waals surface area contributed by atoms with Gasteiger partial charge in [-0.3, -0.25) is 14.2 Å². The van der Waals surface area contributed by atoms with E-state index in [0.717, 1.165) is 16.7 Å². The van der Waals surface area contributed by atoms with E-state index in [4.69, 9.17) is 0 Å². The van der Waals surface area contributed by atoms with Gasteiger partial charge in [0.1, 0.15) is 11.4 Å². The van der Waals surface area contributed by atoms with Crippen LogP contribution in [0.4, 0.5) is 0 Å². The molecule has 0 radical (unpaired) electrons. The molecule has 6 heteroatoms. The van der Waals surface area contributed by atoms with E-state index in [0.29, 0.717) is 10.2 Å². The van der Waals surface area contributed by atoms with Crippen LogP contribution in [-0.4, -0.2) is 15.5 Å². The van der Waals surface area contributed by atoms with Crippen LogP contribution in [0.2, 0.25) is 0 Å². The van der Waals surface area contributed by atoms with Crippen LogP contribution in [0, 0.1) is 13.8 Å². The van der Waals surface area contributed by atoms with Crippen molar-refractivity contribution in [3.05, 3.63) is 87.3 Å². The van der Waals surface area contributed by atoms with Gasteiger partial charge in [0.15, 0.2) is 0 Å². The number of hydrogen-bond donors (Lipinski definition) is 1. The number of fused-ring (bicyclic) bond motifs is 1. The Hall–Kier alpha value is -3.25. The maximum Gasteiger partial charge on any atom is 0.263 e. The minimum Gasteiger partial charge on any atom is -0.348 e. The van der Waals surface area contributed by atoms with Gasteiger partial charge in [0, 0.05) is 10.9 Å². The zero-order valence-corrected chi connectivity index (χ0v) is 18.0. The number of benzene rings is 2. The summed E-state index contributed by atoms with van der Waals surface area (Å²) in [6.45, 7) is 5.98. The number of aryl methyl sites for hydroxylation is 2. The van der Waals surface area contributed by atoms with Gasteiger partial charge in [0.25, 0.3) is 5.56 Å². The summed E-state index contributed by atoms with van der Waals surface area (Å²) in [5, 5.41) is 5.48. The van der Waals surface area contributed by atoms with E-state index in [-0.39, 0.29) is 24.1 Å². The van der Waals surface area contributed by atoms with Crippen molar-refractivity contribution < 1.29 is 4.79 Å². The van der Waals surface area contributed by atoms with E-state index in [9.17, 15) is 9.59 Å². The zero-order chi connectivity index (χ0) is 21.3. The van der Waals surface area contributed by atoms with Gasteiger partial charge >= 0.3 is 0 Å². The maximum atomic E-state index is 13.2. The van der Waals surface area contributed by atoms with Gasteiger partial charge in [0.2, 0.25) is 5.91 Å². The number of rotatable bonds is 5. The molecule has 4 rings (SSSR count). The van der Waals surface area contributed by atoms with E-state index in [1.165, 1.54) is 33.4 Å². The monoisotopic (exact) mass is 417 g/mol.